The van der Waals surface area contributed by atoms with Gasteiger partial charge in [-0.25, -0.2) is 0 Å². The molecule has 0 atom stereocenters. The van der Waals surface area contributed by atoms with Gasteiger partial charge in [-0.05, 0) is 0 Å². The van der Waals surface area contributed by atoms with Gasteiger partial charge in [0.2, 0.25) is 0 Å². The Balaban J connectivity index is -0.0000000494. The molecule has 0 aromatic rings. The van der Waals surface area contributed by atoms with Crippen LogP contribution in [0.15, 0.2) is 0 Å². The van der Waals surface area contributed by atoms with Crippen LogP contribution in [0.2, 0.25) is 0 Å². The zero-order valence-electron chi connectivity index (χ0n) is 15.5. The third-order valence-electron chi connectivity index (χ3n) is 1.34. The molecule has 0 fully saturated rings. The van der Waals surface area contributed by atoms with Gasteiger partial charge in [0.15, 0.2) is 0 Å². The molecule has 0 bridgehead atoms. The van der Waals surface area contributed by atoms with Gasteiger partial charge in [0.25, 0.3) is 0 Å². The van der Waals surface area contributed by atoms with Crippen LogP contribution < -0.4 is 0 Å². The minimum Gasteiger partial charge on any atom is -0.663 e. The van der Waals surface area contributed by atoms with Crippen molar-refractivity contribution in [3.05, 3.63) is 21.9 Å². The smallest absolute Gasteiger partial charge is 0 e. The van der Waals surface area contributed by atoms with Crippen LogP contribution in [0.3, 0.4) is 0 Å². The van der Waals surface area contributed by atoms with Gasteiger partial charge in [-0.3, -0.25) is 0 Å². The summed E-state index contributed by atoms with van der Waals surface area (Å²) in [5, 5.41) is 11.9. The second-order valence-corrected chi connectivity index (χ2v) is 4.07. The SMILES string of the molecule is CC[N-]CC.CC[N-]CC.CC[N-]CC.C[C-](C)C.[Ta]. The second kappa shape index (κ2) is 42.7. The summed E-state index contributed by atoms with van der Waals surface area (Å²) >= 11 is 0. The predicted molar refractivity (Wildman–Crippen MR) is 93.6 cm³/mol. The van der Waals surface area contributed by atoms with Crippen molar-refractivity contribution in [3.63, 3.8) is 0 Å². The van der Waals surface area contributed by atoms with Gasteiger partial charge in [0.1, 0.15) is 0 Å². The van der Waals surface area contributed by atoms with E-state index in [1.165, 1.54) is 5.92 Å². The van der Waals surface area contributed by atoms with Crippen LogP contribution in [0, 0.1) is 5.92 Å². The minimum absolute atomic E-state index is 0. The maximum Gasteiger partial charge on any atom is 0 e. The average Bonchev–Trinajstić information content (AvgIpc) is 2.33. The van der Waals surface area contributed by atoms with Crippen molar-refractivity contribution in [1.29, 1.82) is 0 Å². The van der Waals surface area contributed by atoms with Crippen molar-refractivity contribution in [3.8, 4) is 0 Å². The van der Waals surface area contributed by atoms with E-state index in [9.17, 15) is 0 Å². The first-order valence-electron chi connectivity index (χ1n) is 7.64. The second-order valence-electron chi connectivity index (χ2n) is 4.07. The van der Waals surface area contributed by atoms with E-state index in [-0.39, 0.29) is 22.4 Å². The first-order valence-corrected chi connectivity index (χ1v) is 7.64. The van der Waals surface area contributed by atoms with E-state index in [1.54, 1.807) is 0 Å². The molecular formula is C16H39N3Ta-4. The Morgan fingerprint density at radius 2 is 0.600 bits per heavy atom. The van der Waals surface area contributed by atoms with Crippen molar-refractivity contribution in [2.45, 2.75) is 62.3 Å². The third-order valence-corrected chi connectivity index (χ3v) is 1.34. The molecule has 4 heteroatoms. The molecule has 1 radical (unpaired) electrons. The fraction of sp³-hybridized carbons (Fsp3) is 0.938. The molecule has 3 nitrogen and oxygen atoms in total. The molecule has 127 valence electrons. The topological polar surface area (TPSA) is 42.3 Å². The molecule has 0 saturated carbocycles. The number of nitrogens with zero attached hydrogens (tertiary/aromatic N) is 3. The van der Waals surface area contributed by atoms with Crippen LogP contribution in [0.4, 0.5) is 0 Å². The summed E-state index contributed by atoms with van der Waals surface area (Å²) in [6, 6.07) is 0. The van der Waals surface area contributed by atoms with E-state index < -0.39 is 0 Å². The Hall–Kier alpha value is 0.620. The molecule has 0 aromatic heterocycles. The monoisotopic (exact) mass is 454 g/mol. The molecule has 0 aromatic carbocycles. The molecule has 0 N–H and O–H groups in total. The van der Waals surface area contributed by atoms with Crippen molar-refractivity contribution in [2.75, 3.05) is 39.3 Å². The molecule has 0 aliphatic carbocycles. The van der Waals surface area contributed by atoms with Crippen LogP contribution in [-0.2, 0) is 22.4 Å². The summed E-state index contributed by atoms with van der Waals surface area (Å²) in [6.07, 6.45) is 0. The van der Waals surface area contributed by atoms with E-state index in [1.807, 2.05) is 41.5 Å². The molecule has 0 amide bonds. The Bertz CT molecular complexity index is 78.7. The fourth-order valence-electron chi connectivity index (χ4n) is 0.671. The minimum atomic E-state index is 0. The van der Waals surface area contributed by atoms with Crippen LogP contribution >= 0.6 is 0 Å². The van der Waals surface area contributed by atoms with Gasteiger partial charge in [-0.15, -0.1) is 0 Å². The largest absolute Gasteiger partial charge is 0.663 e. The summed E-state index contributed by atoms with van der Waals surface area (Å²) in [5.74, 6) is 1.42. The first-order chi connectivity index (χ1) is 8.97. The third kappa shape index (κ3) is 132. The van der Waals surface area contributed by atoms with E-state index in [2.05, 4.69) is 36.7 Å². The average molecular weight is 454 g/mol. The zero-order valence-corrected chi connectivity index (χ0v) is 18.7. The van der Waals surface area contributed by atoms with Crippen molar-refractivity contribution in [1.82, 2.24) is 0 Å². The molecule has 0 spiro atoms. The molecule has 0 saturated heterocycles. The Morgan fingerprint density at radius 1 is 0.500 bits per heavy atom. The molecule has 20 heavy (non-hydrogen) atoms. The Labute approximate surface area is 146 Å². The van der Waals surface area contributed by atoms with Gasteiger partial charge in [0.05, 0.1) is 0 Å². The zero-order chi connectivity index (χ0) is 15.9. The normalized spacial score (nSPS) is 8.10. The van der Waals surface area contributed by atoms with Crippen molar-refractivity contribution in [2.24, 2.45) is 0 Å². The van der Waals surface area contributed by atoms with Gasteiger partial charge in [0, 0.05) is 22.4 Å². The van der Waals surface area contributed by atoms with E-state index in [0.717, 1.165) is 39.3 Å². The Kier molecular flexibility index (Phi) is 69.5. The molecule has 0 aliphatic heterocycles. The Morgan fingerprint density at radius 3 is 0.600 bits per heavy atom. The summed E-state index contributed by atoms with van der Waals surface area (Å²) in [7, 11) is 0. The van der Waals surface area contributed by atoms with Gasteiger partial charge in [-0.1, -0.05) is 41.5 Å². The summed E-state index contributed by atoms with van der Waals surface area (Å²) in [6.45, 7) is 24.3. The quantitative estimate of drug-likeness (QED) is 0.454. The molecular weight excluding hydrogens is 415 g/mol. The maximum absolute atomic E-state index is 3.97. The van der Waals surface area contributed by atoms with Gasteiger partial charge >= 0.3 is 0 Å². The standard InChI is InChI=1S/3C4H10N.C4H9.Ta/c3*1-3-5-4-2;1-4(2)3;/h3*3-4H2,1-2H3;1-3H3;/q4*-1;. The van der Waals surface area contributed by atoms with E-state index in [4.69, 9.17) is 0 Å². The van der Waals surface area contributed by atoms with Crippen LogP contribution in [0.1, 0.15) is 62.3 Å². The summed E-state index contributed by atoms with van der Waals surface area (Å²) in [4.78, 5) is 0. The van der Waals surface area contributed by atoms with Crippen LogP contribution in [0.5, 0.6) is 0 Å². The van der Waals surface area contributed by atoms with E-state index in [0.29, 0.717) is 0 Å². The van der Waals surface area contributed by atoms with Crippen LogP contribution in [0.25, 0.3) is 16.0 Å². The number of rotatable bonds is 6. The van der Waals surface area contributed by atoms with Crippen molar-refractivity contribution >= 4 is 0 Å². The fourth-order valence-corrected chi connectivity index (χ4v) is 0.671. The predicted octanol–water partition coefficient (Wildman–Crippen LogP) is 5.82. The first kappa shape index (κ1) is 32.5. The van der Waals surface area contributed by atoms with Crippen LogP contribution in [-0.4, -0.2) is 39.3 Å². The number of hydrogen-bond acceptors (Lipinski definition) is 0. The molecule has 0 unspecified atom stereocenters. The van der Waals surface area contributed by atoms with Gasteiger partial charge in [-0.2, -0.15) is 60.0 Å². The summed E-state index contributed by atoms with van der Waals surface area (Å²) in [5.41, 5.74) is 0. The maximum atomic E-state index is 3.97. The van der Waals surface area contributed by atoms with Crippen molar-refractivity contribution < 1.29 is 22.4 Å². The van der Waals surface area contributed by atoms with E-state index >= 15 is 0 Å². The van der Waals surface area contributed by atoms with Gasteiger partial charge < -0.3 is 21.9 Å². The molecule has 0 rings (SSSR count). The molecule has 0 aliphatic rings. The summed E-state index contributed by atoms with van der Waals surface area (Å²) < 4.78 is 0. The molecule has 0 heterocycles. The number of hydrogen-bond donors (Lipinski definition) is 0.